The molecular weight excluding hydrogens is 362 g/mol. The predicted molar refractivity (Wildman–Crippen MR) is 105 cm³/mol. The fraction of sp³-hybridized carbons (Fsp3) is 0.526. The molecule has 1 saturated heterocycles. The number of aromatic nitrogens is 3. The summed E-state index contributed by atoms with van der Waals surface area (Å²) in [6.45, 7) is 5.80. The van der Waals surface area contributed by atoms with E-state index in [0.717, 1.165) is 29.4 Å². The minimum absolute atomic E-state index is 0.224. The van der Waals surface area contributed by atoms with E-state index in [-0.39, 0.29) is 6.09 Å². The number of ether oxygens (including phenoxy) is 1. The molecule has 1 aromatic carbocycles. The molecule has 2 aliphatic rings. The van der Waals surface area contributed by atoms with Crippen LogP contribution in [0, 0.1) is 4.77 Å². The summed E-state index contributed by atoms with van der Waals surface area (Å²) in [6.07, 6.45) is 2.13. The van der Waals surface area contributed by atoms with Gasteiger partial charge in [-0.1, -0.05) is 18.2 Å². The quantitative estimate of drug-likeness (QED) is 0.738. The molecule has 2 heterocycles. The van der Waals surface area contributed by atoms with Gasteiger partial charge in [-0.15, -0.1) is 0 Å². The summed E-state index contributed by atoms with van der Waals surface area (Å²) in [5.41, 5.74) is 1.07. The van der Waals surface area contributed by atoms with Crippen LogP contribution < -0.4 is 0 Å². The van der Waals surface area contributed by atoms with Crippen LogP contribution in [0.5, 0.6) is 0 Å². The fourth-order valence-electron chi connectivity index (χ4n) is 3.42. The van der Waals surface area contributed by atoms with Crippen LogP contribution in [0.2, 0.25) is 0 Å². The van der Waals surface area contributed by atoms with E-state index >= 15 is 0 Å². The number of amides is 1. The van der Waals surface area contributed by atoms with Crippen molar-refractivity contribution in [3.63, 3.8) is 0 Å². The zero-order chi connectivity index (χ0) is 18.8. The molecule has 0 radical (unpaired) electrons. The van der Waals surface area contributed by atoms with Crippen LogP contribution >= 0.6 is 12.2 Å². The number of rotatable bonds is 5. The molecule has 1 aliphatic carbocycles. The number of hydrogen-bond donors (Lipinski definition) is 0. The average Bonchev–Trinajstić information content (AvgIpc) is 3.48. The van der Waals surface area contributed by atoms with E-state index in [0.29, 0.717) is 32.3 Å². The number of piperazine rings is 1. The van der Waals surface area contributed by atoms with E-state index in [2.05, 4.69) is 21.6 Å². The summed E-state index contributed by atoms with van der Waals surface area (Å²) in [5, 5.41) is 4.85. The summed E-state index contributed by atoms with van der Waals surface area (Å²) in [7, 11) is 0. The van der Waals surface area contributed by atoms with E-state index in [1.54, 1.807) is 4.90 Å². The Bertz CT molecular complexity index is 851. The van der Waals surface area contributed by atoms with Crippen LogP contribution in [-0.4, -0.2) is 63.0 Å². The van der Waals surface area contributed by atoms with E-state index in [1.807, 2.05) is 29.8 Å². The number of carbonyl (C=O) groups is 1. The van der Waals surface area contributed by atoms with Crippen molar-refractivity contribution in [3.05, 3.63) is 40.9 Å². The summed E-state index contributed by atoms with van der Waals surface area (Å²) in [5.74, 6) is 1.57. The van der Waals surface area contributed by atoms with Gasteiger partial charge in [0.2, 0.25) is 4.77 Å². The summed E-state index contributed by atoms with van der Waals surface area (Å²) < 4.78 is 9.86. The van der Waals surface area contributed by atoms with E-state index in [9.17, 15) is 4.79 Å². The lowest BCUT2D eigenvalue weighted by molar-refractivity contribution is 0.0690. The molecule has 8 heteroatoms. The van der Waals surface area contributed by atoms with Crippen molar-refractivity contribution in [3.8, 4) is 5.69 Å². The normalized spacial score (nSPS) is 17.9. The number of para-hydroxylation sites is 1. The smallest absolute Gasteiger partial charge is 0.409 e. The molecule has 4 rings (SSSR count). The van der Waals surface area contributed by atoms with Gasteiger partial charge in [0.25, 0.3) is 0 Å². The van der Waals surface area contributed by atoms with E-state index < -0.39 is 0 Å². The van der Waals surface area contributed by atoms with Crippen molar-refractivity contribution in [1.29, 1.82) is 0 Å². The van der Waals surface area contributed by atoms with Crippen molar-refractivity contribution >= 4 is 18.3 Å². The first-order valence-electron chi connectivity index (χ1n) is 9.56. The van der Waals surface area contributed by atoms with Crippen molar-refractivity contribution in [2.75, 3.05) is 32.8 Å². The summed E-state index contributed by atoms with van der Waals surface area (Å²) >= 11 is 5.76. The van der Waals surface area contributed by atoms with Crippen LogP contribution in [0.25, 0.3) is 5.69 Å². The molecular formula is C19H25N5O2S. The van der Waals surface area contributed by atoms with Gasteiger partial charge in [-0.25, -0.2) is 9.48 Å². The van der Waals surface area contributed by atoms with Crippen molar-refractivity contribution < 1.29 is 9.53 Å². The molecule has 2 fully saturated rings. The Kier molecular flexibility index (Phi) is 5.27. The third kappa shape index (κ3) is 3.91. The SMILES string of the molecule is CCOC(=O)N1CCN(Cn2nc(C3CC3)n(-c3ccccc3)c2=S)CC1. The van der Waals surface area contributed by atoms with Gasteiger partial charge in [-0.05, 0) is 44.1 Å². The summed E-state index contributed by atoms with van der Waals surface area (Å²) in [6, 6.07) is 10.2. The highest BCUT2D eigenvalue weighted by Crippen LogP contribution is 2.40. The Balaban J connectivity index is 1.49. The Morgan fingerprint density at radius 2 is 1.89 bits per heavy atom. The monoisotopic (exact) mass is 387 g/mol. The lowest BCUT2D eigenvalue weighted by atomic mass is 10.3. The molecule has 144 valence electrons. The lowest BCUT2D eigenvalue weighted by Gasteiger charge is -2.33. The second-order valence-corrected chi connectivity index (χ2v) is 7.40. The first kappa shape index (κ1) is 18.2. The van der Waals surface area contributed by atoms with Gasteiger partial charge in [-0.3, -0.25) is 9.47 Å². The molecule has 0 bridgehead atoms. The molecule has 7 nitrogen and oxygen atoms in total. The molecule has 0 atom stereocenters. The van der Waals surface area contributed by atoms with Crippen LogP contribution in [0.3, 0.4) is 0 Å². The summed E-state index contributed by atoms with van der Waals surface area (Å²) in [4.78, 5) is 15.9. The molecule has 27 heavy (non-hydrogen) atoms. The molecule has 1 aliphatic heterocycles. The van der Waals surface area contributed by atoms with Gasteiger partial charge >= 0.3 is 6.09 Å². The third-order valence-corrected chi connectivity index (χ3v) is 5.45. The van der Waals surface area contributed by atoms with Crippen LogP contribution in [0.4, 0.5) is 4.79 Å². The Morgan fingerprint density at radius 3 is 2.52 bits per heavy atom. The average molecular weight is 388 g/mol. The first-order chi connectivity index (χ1) is 13.2. The van der Waals surface area contributed by atoms with Gasteiger partial charge < -0.3 is 9.64 Å². The zero-order valence-electron chi connectivity index (χ0n) is 15.6. The number of hydrogen-bond acceptors (Lipinski definition) is 5. The van der Waals surface area contributed by atoms with Crippen LogP contribution in [-0.2, 0) is 11.4 Å². The van der Waals surface area contributed by atoms with Gasteiger partial charge in [0.15, 0.2) is 0 Å². The molecule has 0 N–H and O–H groups in total. The second-order valence-electron chi connectivity index (χ2n) is 7.03. The maximum absolute atomic E-state index is 11.9. The maximum atomic E-state index is 11.9. The van der Waals surface area contributed by atoms with Gasteiger partial charge in [0.05, 0.1) is 13.3 Å². The molecule has 0 unspecified atom stereocenters. The standard InChI is InChI=1S/C19H25N5O2S/c1-2-26-19(25)22-12-10-21(11-13-22)14-23-18(27)24(16-6-4-3-5-7-16)17(20-23)15-8-9-15/h3-7,15H,2,8-14H2,1H3. The number of nitrogens with zero attached hydrogens (tertiary/aromatic N) is 5. The van der Waals surface area contributed by atoms with Gasteiger partial charge in [0.1, 0.15) is 5.82 Å². The third-order valence-electron chi connectivity index (χ3n) is 5.05. The minimum Gasteiger partial charge on any atom is -0.450 e. The van der Waals surface area contributed by atoms with Gasteiger partial charge in [-0.2, -0.15) is 5.10 Å². The van der Waals surface area contributed by atoms with E-state index in [4.69, 9.17) is 22.1 Å². The Morgan fingerprint density at radius 1 is 1.19 bits per heavy atom. The maximum Gasteiger partial charge on any atom is 0.409 e. The second kappa shape index (κ2) is 7.82. The number of carbonyl (C=O) groups excluding carboxylic acids is 1. The molecule has 1 aromatic heterocycles. The minimum atomic E-state index is -0.224. The molecule has 1 amide bonds. The van der Waals surface area contributed by atoms with Crippen molar-refractivity contribution in [1.82, 2.24) is 24.1 Å². The van der Waals surface area contributed by atoms with Gasteiger partial charge in [0, 0.05) is 37.8 Å². The Hall–Kier alpha value is -2.19. The molecule has 2 aromatic rings. The van der Waals surface area contributed by atoms with Crippen molar-refractivity contribution in [2.45, 2.75) is 32.4 Å². The van der Waals surface area contributed by atoms with Crippen LogP contribution in [0.1, 0.15) is 31.5 Å². The largest absolute Gasteiger partial charge is 0.450 e. The highest BCUT2D eigenvalue weighted by Gasteiger charge is 2.31. The highest BCUT2D eigenvalue weighted by molar-refractivity contribution is 7.71. The van der Waals surface area contributed by atoms with Crippen LogP contribution in [0.15, 0.2) is 30.3 Å². The predicted octanol–water partition coefficient (Wildman–Crippen LogP) is 3.01. The fourth-order valence-corrected chi connectivity index (χ4v) is 3.72. The first-order valence-corrected chi connectivity index (χ1v) is 9.97. The Labute approximate surface area is 164 Å². The molecule has 1 saturated carbocycles. The topological polar surface area (TPSA) is 55.5 Å². The molecule has 0 spiro atoms. The highest BCUT2D eigenvalue weighted by atomic mass is 32.1. The zero-order valence-corrected chi connectivity index (χ0v) is 16.4. The van der Waals surface area contributed by atoms with E-state index in [1.165, 1.54) is 12.8 Å². The van der Waals surface area contributed by atoms with Crippen molar-refractivity contribution in [2.24, 2.45) is 0 Å². The number of benzene rings is 1. The lowest BCUT2D eigenvalue weighted by Crippen LogP contribution is -2.49.